The van der Waals surface area contributed by atoms with E-state index in [0.717, 1.165) is 28.0 Å². The standard InChI is InChI=1S/C28H29NO4/c1-5-32-26(30)22-17-29-25(24(22)20-9-7-6-8-10-20)21(15-19-13-11-18(2)12-14-19)23-16-28(3,4)27(31)33-23/h6-14,17,29H,5,15-16H2,1-4H3/b23-21+. The molecule has 0 unspecified atom stereocenters. The van der Waals surface area contributed by atoms with Gasteiger partial charge in [0.15, 0.2) is 0 Å². The predicted octanol–water partition coefficient (Wildman–Crippen LogP) is 6.09. The quantitative estimate of drug-likeness (QED) is 0.468. The Labute approximate surface area is 194 Å². The van der Waals surface area contributed by atoms with Crippen molar-refractivity contribution >= 4 is 17.5 Å². The maximum absolute atomic E-state index is 12.8. The molecule has 1 aromatic heterocycles. The number of aromatic amines is 1. The highest BCUT2D eigenvalue weighted by Gasteiger charge is 2.40. The molecule has 1 aliphatic heterocycles. The fourth-order valence-electron chi connectivity index (χ4n) is 4.10. The van der Waals surface area contributed by atoms with E-state index >= 15 is 0 Å². The number of ether oxygens (including phenoxy) is 2. The van der Waals surface area contributed by atoms with Crippen LogP contribution >= 0.6 is 0 Å². The number of esters is 2. The number of benzene rings is 2. The normalized spacial score (nSPS) is 16.4. The lowest BCUT2D eigenvalue weighted by atomic mass is 9.87. The Bertz CT molecular complexity index is 1200. The molecular formula is C28H29NO4. The van der Waals surface area contributed by atoms with E-state index in [-0.39, 0.29) is 18.5 Å². The van der Waals surface area contributed by atoms with Crippen molar-refractivity contribution < 1.29 is 19.1 Å². The molecule has 0 saturated carbocycles. The molecule has 4 rings (SSSR count). The highest BCUT2D eigenvalue weighted by atomic mass is 16.5. The first-order chi connectivity index (χ1) is 15.8. The molecule has 0 aliphatic carbocycles. The number of allylic oxidation sites excluding steroid dienone is 2. The van der Waals surface area contributed by atoms with Gasteiger partial charge in [-0.3, -0.25) is 4.79 Å². The van der Waals surface area contributed by atoms with E-state index in [1.54, 1.807) is 13.1 Å². The van der Waals surface area contributed by atoms with Gasteiger partial charge in [0.1, 0.15) is 5.76 Å². The summed E-state index contributed by atoms with van der Waals surface area (Å²) in [6, 6.07) is 18.0. The smallest absolute Gasteiger partial charge is 0.340 e. The van der Waals surface area contributed by atoms with Gasteiger partial charge in [0.2, 0.25) is 0 Å². The van der Waals surface area contributed by atoms with Crippen LogP contribution in [-0.2, 0) is 20.7 Å². The van der Waals surface area contributed by atoms with E-state index in [9.17, 15) is 9.59 Å². The van der Waals surface area contributed by atoms with Crippen LogP contribution in [0.5, 0.6) is 0 Å². The minimum atomic E-state index is -0.600. The van der Waals surface area contributed by atoms with Crippen LogP contribution in [0.3, 0.4) is 0 Å². The van der Waals surface area contributed by atoms with Crippen LogP contribution < -0.4 is 0 Å². The number of cyclic esters (lactones) is 1. The molecule has 0 amide bonds. The third-order valence-corrected chi connectivity index (χ3v) is 5.95. The van der Waals surface area contributed by atoms with Gasteiger partial charge in [-0.15, -0.1) is 0 Å². The van der Waals surface area contributed by atoms with Crippen molar-refractivity contribution in [3.63, 3.8) is 0 Å². The number of carbonyl (C=O) groups excluding carboxylic acids is 2. The van der Waals surface area contributed by atoms with Crippen molar-refractivity contribution in [3.05, 3.63) is 88.9 Å². The second-order valence-electron chi connectivity index (χ2n) is 9.05. The molecule has 1 aliphatic rings. The van der Waals surface area contributed by atoms with E-state index in [2.05, 4.69) is 36.2 Å². The Hall–Kier alpha value is -3.60. The van der Waals surface area contributed by atoms with Gasteiger partial charge in [-0.2, -0.15) is 0 Å². The number of H-pyrrole nitrogens is 1. The van der Waals surface area contributed by atoms with Gasteiger partial charge in [-0.1, -0.05) is 60.2 Å². The first kappa shape index (κ1) is 22.6. The zero-order valence-corrected chi connectivity index (χ0v) is 19.5. The van der Waals surface area contributed by atoms with E-state index in [4.69, 9.17) is 9.47 Å². The number of aryl methyl sites for hydroxylation is 1. The zero-order chi connectivity index (χ0) is 23.6. The van der Waals surface area contributed by atoms with Crippen LogP contribution in [0.25, 0.3) is 16.7 Å². The lowest BCUT2D eigenvalue weighted by molar-refractivity contribution is -0.142. The first-order valence-electron chi connectivity index (χ1n) is 11.2. The van der Waals surface area contributed by atoms with Gasteiger partial charge in [0.05, 0.1) is 23.3 Å². The molecule has 1 N–H and O–H groups in total. The van der Waals surface area contributed by atoms with E-state index in [1.807, 2.05) is 44.2 Å². The highest BCUT2D eigenvalue weighted by Crippen LogP contribution is 2.42. The van der Waals surface area contributed by atoms with Crippen LogP contribution in [0.2, 0.25) is 0 Å². The maximum atomic E-state index is 12.8. The summed E-state index contributed by atoms with van der Waals surface area (Å²) in [7, 11) is 0. The molecule has 0 atom stereocenters. The zero-order valence-electron chi connectivity index (χ0n) is 19.5. The summed E-state index contributed by atoms with van der Waals surface area (Å²) >= 11 is 0. The third-order valence-electron chi connectivity index (χ3n) is 5.95. The van der Waals surface area contributed by atoms with E-state index in [1.165, 1.54) is 5.56 Å². The van der Waals surface area contributed by atoms with Gasteiger partial charge in [-0.25, -0.2) is 4.79 Å². The predicted molar refractivity (Wildman–Crippen MR) is 128 cm³/mol. The molecular weight excluding hydrogens is 414 g/mol. The van der Waals surface area contributed by atoms with E-state index in [0.29, 0.717) is 24.2 Å². The summed E-state index contributed by atoms with van der Waals surface area (Å²) in [6.45, 7) is 7.91. The Morgan fingerprint density at radius 2 is 1.79 bits per heavy atom. The second-order valence-corrected chi connectivity index (χ2v) is 9.05. The molecule has 0 radical (unpaired) electrons. The molecule has 170 valence electrons. The summed E-state index contributed by atoms with van der Waals surface area (Å²) in [4.78, 5) is 28.7. The summed E-state index contributed by atoms with van der Waals surface area (Å²) < 4.78 is 11.1. The van der Waals surface area contributed by atoms with Crippen LogP contribution in [0.4, 0.5) is 0 Å². The van der Waals surface area contributed by atoms with Crippen molar-refractivity contribution in [1.29, 1.82) is 0 Å². The third kappa shape index (κ3) is 4.63. The van der Waals surface area contributed by atoms with Crippen LogP contribution in [-0.4, -0.2) is 23.5 Å². The Morgan fingerprint density at radius 1 is 1.09 bits per heavy atom. The molecule has 5 heteroatoms. The number of hydrogen-bond acceptors (Lipinski definition) is 4. The van der Waals surface area contributed by atoms with Gasteiger partial charge in [0.25, 0.3) is 0 Å². The molecule has 1 fully saturated rings. The maximum Gasteiger partial charge on any atom is 0.340 e. The molecule has 0 spiro atoms. The fraction of sp³-hybridized carbons (Fsp3) is 0.286. The molecule has 3 aromatic rings. The van der Waals surface area contributed by atoms with Crippen molar-refractivity contribution in [3.8, 4) is 11.1 Å². The molecule has 0 bridgehead atoms. The SMILES string of the molecule is CCOC(=O)c1c[nH]c(/C(Cc2ccc(C)cc2)=C2\CC(C)(C)C(=O)O2)c1-c1ccccc1. The van der Waals surface area contributed by atoms with Crippen molar-refractivity contribution in [2.24, 2.45) is 5.41 Å². The topological polar surface area (TPSA) is 68.4 Å². The average Bonchev–Trinajstić information content (AvgIpc) is 3.35. The van der Waals surface area contributed by atoms with Crippen LogP contribution in [0.15, 0.2) is 66.6 Å². The van der Waals surface area contributed by atoms with Gasteiger partial charge < -0.3 is 14.5 Å². The molecule has 2 aromatic carbocycles. The Kier molecular flexibility index (Phi) is 6.23. The highest BCUT2D eigenvalue weighted by molar-refractivity contribution is 6.01. The lowest BCUT2D eigenvalue weighted by Gasteiger charge is -2.14. The number of aromatic nitrogens is 1. The van der Waals surface area contributed by atoms with Crippen LogP contribution in [0.1, 0.15) is 54.4 Å². The van der Waals surface area contributed by atoms with Gasteiger partial charge in [-0.05, 0) is 38.8 Å². The number of nitrogens with one attached hydrogen (secondary N) is 1. The number of rotatable bonds is 6. The first-order valence-corrected chi connectivity index (χ1v) is 11.2. The average molecular weight is 444 g/mol. The molecule has 1 saturated heterocycles. The lowest BCUT2D eigenvalue weighted by Crippen LogP contribution is -2.16. The summed E-state index contributed by atoms with van der Waals surface area (Å²) in [6.07, 6.45) is 2.74. The van der Waals surface area contributed by atoms with Crippen molar-refractivity contribution in [1.82, 2.24) is 4.98 Å². The monoisotopic (exact) mass is 443 g/mol. The van der Waals surface area contributed by atoms with Crippen molar-refractivity contribution in [2.45, 2.75) is 40.5 Å². The minimum Gasteiger partial charge on any atom is -0.462 e. The summed E-state index contributed by atoms with van der Waals surface area (Å²) in [5.41, 5.74) is 5.41. The Balaban J connectivity index is 1.91. The fourth-order valence-corrected chi connectivity index (χ4v) is 4.10. The Morgan fingerprint density at radius 3 is 2.39 bits per heavy atom. The largest absolute Gasteiger partial charge is 0.462 e. The minimum absolute atomic E-state index is 0.239. The van der Waals surface area contributed by atoms with Crippen LogP contribution in [0, 0.1) is 12.3 Å². The molecule has 33 heavy (non-hydrogen) atoms. The van der Waals surface area contributed by atoms with Gasteiger partial charge in [0, 0.05) is 30.2 Å². The number of carbonyl (C=O) groups is 2. The molecule has 2 heterocycles. The summed E-state index contributed by atoms with van der Waals surface area (Å²) in [5.74, 6) is 0.0136. The summed E-state index contributed by atoms with van der Waals surface area (Å²) in [5, 5.41) is 0. The van der Waals surface area contributed by atoms with Crippen molar-refractivity contribution in [2.75, 3.05) is 6.61 Å². The van der Waals surface area contributed by atoms with Gasteiger partial charge >= 0.3 is 11.9 Å². The van der Waals surface area contributed by atoms with E-state index < -0.39 is 5.41 Å². The molecule has 5 nitrogen and oxygen atoms in total. The second kappa shape index (κ2) is 9.10. The number of hydrogen-bond donors (Lipinski definition) is 1.